The third kappa shape index (κ3) is 5.81. The molecule has 1 unspecified atom stereocenters. The number of amides is 3. The molecule has 3 aromatic heterocycles. The first-order valence-electron chi connectivity index (χ1n) is 14.4. The van der Waals surface area contributed by atoms with Gasteiger partial charge in [0.15, 0.2) is 10.7 Å². The van der Waals surface area contributed by atoms with E-state index in [9.17, 15) is 19.5 Å². The zero-order chi connectivity index (χ0) is 30.2. The van der Waals surface area contributed by atoms with E-state index < -0.39 is 6.09 Å². The second-order valence-corrected chi connectivity index (χ2v) is 12.4. The standard InChI is InChI=1S/C28H35N9O5S/c1-16-32-27(42-20-6-10-34(11-7-20)28(40)41)24(43-16)26(39)33-19-4-3-8-36(14-19)22-12-21(18-5-9-35(13-18)17(2)38)37-23(22)25(29)30-15-31-37/h5,12,15,19-20H,3-4,6-11,13-14H2,1-2H3,(H,33,39)(H,40,41)(H2,29,30,31). The first-order chi connectivity index (χ1) is 20.7. The summed E-state index contributed by atoms with van der Waals surface area (Å²) >= 11 is 1.29. The van der Waals surface area contributed by atoms with Crippen molar-refractivity contribution in [2.24, 2.45) is 0 Å². The molecule has 4 N–H and O–H groups in total. The van der Waals surface area contributed by atoms with E-state index in [0.717, 1.165) is 41.3 Å². The van der Waals surface area contributed by atoms with Crippen molar-refractivity contribution in [3.8, 4) is 5.88 Å². The Kier molecular flexibility index (Phi) is 7.81. The summed E-state index contributed by atoms with van der Waals surface area (Å²) in [6, 6.07) is 1.92. The third-order valence-electron chi connectivity index (χ3n) is 8.25. The van der Waals surface area contributed by atoms with E-state index in [4.69, 9.17) is 10.5 Å². The van der Waals surface area contributed by atoms with E-state index >= 15 is 0 Å². The van der Waals surface area contributed by atoms with Crippen LogP contribution < -0.4 is 20.7 Å². The fourth-order valence-electron chi connectivity index (χ4n) is 6.02. The maximum atomic E-state index is 13.5. The van der Waals surface area contributed by atoms with Gasteiger partial charge in [0, 0.05) is 65.1 Å². The molecule has 0 saturated carbocycles. The molecule has 0 spiro atoms. The quantitative estimate of drug-likeness (QED) is 0.376. The minimum Gasteiger partial charge on any atom is -0.473 e. The Hall–Kier alpha value is -4.40. The number of carboxylic acid groups (broad SMARTS) is 1. The second-order valence-electron chi connectivity index (χ2n) is 11.2. The van der Waals surface area contributed by atoms with Crippen molar-refractivity contribution in [1.29, 1.82) is 0 Å². The highest BCUT2D eigenvalue weighted by Crippen LogP contribution is 2.35. The number of likely N-dealkylation sites (tertiary alicyclic amines) is 1. The smallest absolute Gasteiger partial charge is 0.407 e. The van der Waals surface area contributed by atoms with Gasteiger partial charge in [-0.2, -0.15) is 5.10 Å². The number of thiazole rings is 1. The number of ether oxygens (including phenoxy) is 1. The lowest BCUT2D eigenvalue weighted by Gasteiger charge is -2.34. The van der Waals surface area contributed by atoms with Crippen LogP contribution in [0.1, 0.15) is 53.0 Å². The van der Waals surface area contributed by atoms with Crippen LogP contribution in [0.25, 0.3) is 11.1 Å². The summed E-state index contributed by atoms with van der Waals surface area (Å²) in [4.78, 5) is 51.1. The zero-order valence-electron chi connectivity index (χ0n) is 24.2. The van der Waals surface area contributed by atoms with Crippen molar-refractivity contribution in [1.82, 2.24) is 34.7 Å². The maximum absolute atomic E-state index is 13.5. The van der Waals surface area contributed by atoms with Gasteiger partial charge in [-0.25, -0.2) is 19.3 Å². The molecule has 3 aliphatic heterocycles. The third-order valence-corrected chi connectivity index (χ3v) is 9.20. The Labute approximate surface area is 252 Å². The molecular formula is C28H35N9O5S. The number of nitrogen functional groups attached to an aromatic ring is 1. The van der Waals surface area contributed by atoms with Crippen LogP contribution in [-0.4, -0.2) is 104 Å². The number of piperidine rings is 2. The van der Waals surface area contributed by atoms with E-state index in [1.165, 1.54) is 22.6 Å². The molecule has 6 rings (SSSR count). The van der Waals surface area contributed by atoms with Crippen LogP contribution in [-0.2, 0) is 4.79 Å². The molecule has 0 aromatic carbocycles. The Balaban J connectivity index is 1.17. The minimum absolute atomic E-state index is 0.0179. The summed E-state index contributed by atoms with van der Waals surface area (Å²) in [5.41, 5.74) is 9.81. The minimum atomic E-state index is -0.931. The number of anilines is 2. The molecule has 3 aliphatic rings. The monoisotopic (exact) mass is 609 g/mol. The van der Waals surface area contributed by atoms with Crippen LogP contribution in [0.4, 0.5) is 16.3 Å². The van der Waals surface area contributed by atoms with Gasteiger partial charge >= 0.3 is 6.09 Å². The second kappa shape index (κ2) is 11.7. The molecule has 0 aliphatic carbocycles. The normalized spacial score (nSPS) is 19.5. The van der Waals surface area contributed by atoms with Gasteiger partial charge in [-0.1, -0.05) is 6.08 Å². The lowest BCUT2D eigenvalue weighted by molar-refractivity contribution is -0.127. The molecule has 2 saturated heterocycles. The number of nitrogens with one attached hydrogen (secondary N) is 1. The van der Waals surface area contributed by atoms with E-state index in [1.807, 2.05) is 19.1 Å². The van der Waals surface area contributed by atoms with Crippen LogP contribution in [0.2, 0.25) is 0 Å². The number of fused-ring (bicyclic) bond motifs is 1. The summed E-state index contributed by atoms with van der Waals surface area (Å²) in [5, 5.41) is 17.6. The van der Waals surface area contributed by atoms with Crippen LogP contribution in [0, 0.1) is 6.92 Å². The van der Waals surface area contributed by atoms with Gasteiger partial charge in [0.1, 0.15) is 17.9 Å². The molecule has 228 valence electrons. The van der Waals surface area contributed by atoms with Crippen molar-refractivity contribution >= 4 is 51.8 Å². The van der Waals surface area contributed by atoms with Crippen molar-refractivity contribution in [3.63, 3.8) is 0 Å². The average Bonchev–Trinajstić information content (AvgIpc) is 3.71. The maximum Gasteiger partial charge on any atom is 0.407 e. The number of carbonyl (C=O) groups is 3. The summed E-state index contributed by atoms with van der Waals surface area (Å²) in [5.74, 6) is 0.449. The predicted octanol–water partition coefficient (Wildman–Crippen LogP) is 2.24. The molecule has 3 aromatic rings. The number of hydrogen-bond donors (Lipinski definition) is 3. The first kappa shape index (κ1) is 28.7. The number of aromatic nitrogens is 4. The number of rotatable bonds is 6. The summed E-state index contributed by atoms with van der Waals surface area (Å²) in [6.45, 7) is 6.58. The van der Waals surface area contributed by atoms with E-state index in [-0.39, 0.29) is 24.0 Å². The van der Waals surface area contributed by atoms with Crippen LogP contribution in [0.3, 0.4) is 0 Å². The highest BCUT2D eigenvalue weighted by atomic mass is 32.1. The van der Waals surface area contributed by atoms with Crippen molar-refractivity contribution in [2.75, 3.05) is 49.9 Å². The Morgan fingerprint density at radius 2 is 1.95 bits per heavy atom. The SMILES string of the molecule is CC(=O)N1CC=C(c2cc(N3CCCC(NC(=O)c4sc(C)nc4OC4CCN(C(=O)O)CC4)C3)c3c(N)ncnn23)C1. The Morgan fingerprint density at radius 1 is 1.16 bits per heavy atom. The van der Waals surface area contributed by atoms with Gasteiger partial charge in [0.25, 0.3) is 5.91 Å². The van der Waals surface area contributed by atoms with E-state index in [1.54, 1.807) is 16.3 Å². The van der Waals surface area contributed by atoms with Crippen LogP contribution in [0.5, 0.6) is 5.88 Å². The molecule has 1 atom stereocenters. The first-order valence-corrected chi connectivity index (χ1v) is 15.2. The Bertz CT molecular complexity index is 1590. The van der Waals surface area contributed by atoms with Gasteiger partial charge in [-0.15, -0.1) is 11.3 Å². The number of nitrogens with zero attached hydrogens (tertiary/aromatic N) is 7. The fourth-order valence-corrected chi connectivity index (χ4v) is 6.77. The van der Waals surface area contributed by atoms with Crippen molar-refractivity contribution < 1.29 is 24.2 Å². The molecule has 43 heavy (non-hydrogen) atoms. The topological polar surface area (TPSA) is 172 Å². The fraction of sp³-hybridized carbons (Fsp3) is 0.500. The highest BCUT2D eigenvalue weighted by molar-refractivity contribution is 7.13. The molecule has 6 heterocycles. The van der Waals surface area contributed by atoms with Crippen LogP contribution in [0.15, 0.2) is 18.5 Å². The van der Waals surface area contributed by atoms with Gasteiger partial charge < -0.3 is 35.6 Å². The molecule has 15 heteroatoms. The van der Waals surface area contributed by atoms with E-state index in [2.05, 4.69) is 25.3 Å². The molecule has 0 bridgehead atoms. The number of aryl methyl sites for hydroxylation is 1. The summed E-state index contributed by atoms with van der Waals surface area (Å²) in [7, 11) is 0. The van der Waals surface area contributed by atoms with Gasteiger partial charge in [0.05, 0.1) is 16.4 Å². The lowest BCUT2D eigenvalue weighted by atomic mass is 10.0. The van der Waals surface area contributed by atoms with Gasteiger partial charge in [-0.05, 0) is 31.4 Å². The van der Waals surface area contributed by atoms with Crippen molar-refractivity contribution in [3.05, 3.63) is 34.0 Å². The molecule has 0 radical (unpaired) electrons. The van der Waals surface area contributed by atoms with Crippen molar-refractivity contribution in [2.45, 2.75) is 51.7 Å². The van der Waals surface area contributed by atoms with E-state index in [0.29, 0.717) is 67.7 Å². The highest BCUT2D eigenvalue weighted by Gasteiger charge is 2.31. The van der Waals surface area contributed by atoms with Gasteiger partial charge in [0.2, 0.25) is 11.8 Å². The van der Waals surface area contributed by atoms with Gasteiger partial charge in [-0.3, -0.25) is 9.59 Å². The molecular weight excluding hydrogens is 574 g/mol. The zero-order valence-corrected chi connectivity index (χ0v) is 25.0. The average molecular weight is 610 g/mol. The number of carbonyl (C=O) groups excluding carboxylic acids is 2. The largest absolute Gasteiger partial charge is 0.473 e. The summed E-state index contributed by atoms with van der Waals surface area (Å²) in [6.07, 6.45) is 5.11. The Morgan fingerprint density at radius 3 is 2.67 bits per heavy atom. The molecule has 14 nitrogen and oxygen atoms in total. The molecule has 3 amide bonds. The van der Waals surface area contributed by atoms with Crippen LogP contribution >= 0.6 is 11.3 Å². The number of hydrogen-bond acceptors (Lipinski definition) is 10. The molecule has 2 fully saturated rings. The predicted molar refractivity (Wildman–Crippen MR) is 160 cm³/mol. The summed E-state index contributed by atoms with van der Waals surface area (Å²) < 4.78 is 7.91. The lowest BCUT2D eigenvalue weighted by Crippen LogP contribution is -2.47. The number of nitrogens with two attached hydrogens (primary N) is 1.